The predicted molar refractivity (Wildman–Crippen MR) is 115 cm³/mol. The van der Waals surface area contributed by atoms with E-state index in [-0.39, 0.29) is 12.5 Å². The minimum Gasteiger partial charge on any atom is -0.360 e. The molecule has 6 nitrogen and oxygen atoms in total. The number of benzene rings is 1. The molecule has 0 bridgehead atoms. The van der Waals surface area contributed by atoms with Gasteiger partial charge in [-0.25, -0.2) is 9.97 Å². The van der Waals surface area contributed by atoms with E-state index in [2.05, 4.69) is 31.7 Å². The minimum atomic E-state index is 0.0764. The number of amides is 1. The van der Waals surface area contributed by atoms with Crippen molar-refractivity contribution in [1.29, 1.82) is 0 Å². The Balaban J connectivity index is 1.39. The molecule has 0 atom stereocenters. The topological polar surface area (TPSA) is 71.0 Å². The van der Waals surface area contributed by atoms with Crippen LogP contribution in [0.4, 0.5) is 5.82 Å². The molecule has 1 aliphatic rings. The average Bonchev–Trinajstić information content (AvgIpc) is 3.25. The first-order valence-electron chi connectivity index (χ1n) is 9.52. The average molecular weight is 401 g/mol. The summed E-state index contributed by atoms with van der Waals surface area (Å²) in [6.07, 6.45) is 4.39. The summed E-state index contributed by atoms with van der Waals surface area (Å²) in [4.78, 5) is 29.6. The Bertz CT molecular complexity index is 1170. The summed E-state index contributed by atoms with van der Waals surface area (Å²) in [5, 5.41) is 6.25. The van der Waals surface area contributed by atoms with Gasteiger partial charge >= 0.3 is 0 Å². The van der Waals surface area contributed by atoms with Gasteiger partial charge in [-0.2, -0.15) is 0 Å². The van der Waals surface area contributed by atoms with Crippen molar-refractivity contribution in [2.24, 2.45) is 0 Å². The summed E-state index contributed by atoms with van der Waals surface area (Å²) in [5.41, 5.74) is 2.94. The Kier molecular flexibility index (Phi) is 4.65. The van der Waals surface area contributed by atoms with E-state index in [1.807, 2.05) is 41.3 Å². The lowest BCUT2D eigenvalue weighted by Gasteiger charge is -2.27. The smallest absolute Gasteiger partial charge is 0.242 e. The Hall–Kier alpha value is -3.32. The molecular weight excluding hydrogens is 382 g/mol. The highest BCUT2D eigenvalue weighted by Crippen LogP contribution is 2.26. The first-order valence-corrected chi connectivity index (χ1v) is 10.4. The van der Waals surface area contributed by atoms with Crippen molar-refractivity contribution in [3.05, 3.63) is 70.7 Å². The maximum Gasteiger partial charge on any atom is 0.242 e. The van der Waals surface area contributed by atoms with Gasteiger partial charge in [0.15, 0.2) is 5.82 Å². The van der Waals surface area contributed by atoms with Crippen LogP contribution in [-0.4, -0.2) is 38.8 Å². The van der Waals surface area contributed by atoms with Gasteiger partial charge in [-0.05, 0) is 47.7 Å². The second-order valence-electron chi connectivity index (χ2n) is 6.94. The molecule has 144 valence electrons. The van der Waals surface area contributed by atoms with E-state index in [1.54, 1.807) is 23.7 Å². The number of para-hydroxylation sites is 1. The number of carbonyl (C=O) groups excluding carboxylic acids is 1. The first-order chi connectivity index (χ1) is 14.3. The lowest BCUT2D eigenvalue weighted by Crippen LogP contribution is -2.38. The van der Waals surface area contributed by atoms with Crippen molar-refractivity contribution in [2.45, 2.75) is 13.0 Å². The van der Waals surface area contributed by atoms with Crippen LogP contribution in [0.1, 0.15) is 10.4 Å². The number of fused-ring (bicyclic) bond motifs is 2. The van der Waals surface area contributed by atoms with Gasteiger partial charge in [0.25, 0.3) is 0 Å². The maximum atomic E-state index is 12.8. The van der Waals surface area contributed by atoms with E-state index in [1.165, 1.54) is 10.4 Å². The quantitative estimate of drug-likeness (QED) is 0.564. The summed E-state index contributed by atoms with van der Waals surface area (Å²) < 4.78 is 0. The molecule has 29 heavy (non-hydrogen) atoms. The fourth-order valence-electron chi connectivity index (χ4n) is 3.57. The number of anilines is 1. The summed E-state index contributed by atoms with van der Waals surface area (Å²) in [6.45, 7) is 1.65. The van der Waals surface area contributed by atoms with Gasteiger partial charge < -0.3 is 10.2 Å². The largest absolute Gasteiger partial charge is 0.360 e. The number of pyridine rings is 1. The second kappa shape index (κ2) is 7.60. The maximum absolute atomic E-state index is 12.8. The second-order valence-corrected chi connectivity index (χ2v) is 7.94. The van der Waals surface area contributed by atoms with Crippen LogP contribution >= 0.6 is 11.3 Å². The minimum absolute atomic E-state index is 0.0764. The van der Waals surface area contributed by atoms with Crippen LogP contribution in [0.25, 0.3) is 22.3 Å². The van der Waals surface area contributed by atoms with Gasteiger partial charge in [0.05, 0.1) is 12.1 Å². The van der Waals surface area contributed by atoms with Crippen LogP contribution < -0.4 is 5.32 Å². The van der Waals surface area contributed by atoms with Crippen molar-refractivity contribution in [3.8, 4) is 11.4 Å². The van der Waals surface area contributed by atoms with Crippen LogP contribution in [-0.2, 0) is 17.8 Å². The zero-order chi connectivity index (χ0) is 19.6. The van der Waals surface area contributed by atoms with Crippen molar-refractivity contribution >= 4 is 34.0 Å². The molecule has 1 amide bonds. The van der Waals surface area contributed by atoms with Gasteiger partial charge in [-0.1, -0.05) is 12.1 Å². The Morgan fingerprint density at radius 2 is 2.07 bits per heavy atom. The Morgan fingerprint density at radius 3 is 2.97 bits per heavy atom. The van der Waals surface area contributed by atoms with E-state index in [4.69, 9.17) is 0 Å². The first kappa shape index (κ1) is 17.8. The summed E-state index contributed by atoms with van der Waals surface area (Å²) >= 11 is 1.77. The molecule has 4 heterocycles. The number of nitrogens with one attached hydrogen (secondary N) is 1. The van der Waals surface area contributed by atoms with Crippen molar-refractivity contribution in [1.82, 2.24) is 19.9 Å². The number of thiophene rings is 1. The number of nitrogens with zero attached hydrogens (tertiary/aromatic N) is 4. The zero-order valence-electron chi connectivity index (χ0n) is 15.7. The molecule has 4 aromatic rings. The molecule has 7 heteroatoms. The molecule has 0 saturated heterocycles. The number of rotatable bonds is 4. The predicted octanol–water partition coefficient (Wildman–Crippen LogP) is 3.75. The Labute approximate surface area is 172 Å². The van der Waals surface area contributed by atoms with Gasteiger partial charge in [-0.15, -0.1) is 11.3 Å². The van der Waals surface area contributed by atoms with Gasteiger partial charge in [0, 0.05) is 41.3 Å². The number of hydrogen-bond acceptors (Lipinski definition) is 6. The molecular formula is C22H19N5OS. The molecule has 0 fully saturated rings. The van der Waals surface area contributed by atoms with E-state index < -0.39 is 0 Å². The molecule has 0 saturated carbocycles. The van der Waals surface area contributed by atoms with Crippen LogP contribution in [0.15, 0.2) is 60.2 Å². The zero-order valence-corrected chi connectivity index (χ0v) is 16.5. The Morgan fingerprint density at radius 1 is 1.14 bits per heavy atom. The molecule has 1 N–H and O–H groups in total. The van der Waals surface area contributed by atoms with E-state index >= 15 is 0 Å². The molecule has 0 radical (unpaired) electrons. The normalized spacial score (nSPS) is 13.3. The molecule has 5 rings (SSSR count). The van der Waals surface area contributed by atoms with Crippen LogP contribution in [0.3, 0.4) is 0 Å². The standard InChI is InChI=1S/C22H19N5OS/c28-20(27-10-7-19-16(14-27)8-11-29-19)13-24-22-17-5-1-2-6-18(17)25-21(26-22)15-4-3-9-23-12-15/h1-6,8-9,11-12H,7,10,13-14H2,(H,24,25,26). The summed E-state index contributed by atoms with van der Waals surface area (Å²) in [5.74, 6) is 1.33. The lowest BCUT2D eigenvalue weighted by molar-refractivity contribution is -0.130. The summed E-state index contributed by atoms with van der Waals surface area (Å²) in [7, 11) is 0. The van der Waals surface area contributed by atoms with E-state index in [0.29, 0.717) is 18.2 Å². The third-order valence-corrected chi connectivity index (χ3v) is 6.11. The highest BCUT2D eigenvalue weighted by molar-refractivity contribution is 7.10. The molecule has 1 aliphatic heterocycles. The number of hydrogen-bond donors (Lipinski definition) is 1. The van der Waals surface area contributed by atoms with Crippen LogP contribution in [0.2, 0.25) is 0 Å². The number of carbonyl (C=O) groups is 1. The fourth-order valence-corrected chi connectivity index (χ4v) is 4.46. The number of aromatic nitrogens is 3. The summed E-state index contributed by atoms with van der Waals surface area (Å²) in [6, 6.07) is 13.7. The van der Waals surface area contributed by atoms with E-state index in [9.17, 15) is 4.79 Å². The van der Waals surface area contributed by atoms with Gasteiger partial charge in [-0.3, -0.25) is 9.78 Å². The highest BCUT2D eigenvalue weighted by atomic mass is 32.1. The SMILES string of the molecule is O=C(CNc1nc(-c2cccnc2)nc2ccccc12)N1CCc2sccc2C1. The van der Waals surface area contributed by atoms with Crippen LogP contribution in [0.5, 0.6) is 0 Å². The molecule has 1 aromatic carbocycles. The molecule has 0 aliphatic carbocycles. The fraction of sp³-hybridized carbons (Fsp3) is 0.182. The van der Waals surface area contributed by atoms with Gasteiger partial charge in [0.1, 0.15) is 5.82 Å². The molecule has 0 unspecified atom stereocenters. The third-order valence-electron chi connectivity index (χ3n) is 5.09. The monoisotopic (exact) mass is 401 g/mol. The van der Waals surface area contributed by atoms with Crippen molar-refractivity contribution < 1.29 is 4.79 Å². The highest BCUT2D eigenvalue weighted by Gasteiger charge is 2.21. The third kappa shape index (κ3) is 3.56. The van der Waals surface area contributed by atoms with Crippen LogP contribution in [0, 0.1) is 0 Å². The van der Waals surface area contributed by atoms with Crippen molar-refractivity contribution in [3.63, 3.8) is 0 Å². The van der Waals surface area contributed by atoms with Crippen molar-refractivity contribution in [2.75, 3.05) is 18.4 Å². The van der Waals surface area contributed by atoms with E-state index in [0.717, 1.165) is 29.4 Å². The van der Waals surface area contributed by atoms with Gasteiger partial charge in [0.2, 0.25) is 5.91 Å². The molecule has 3 aromatic heterocycles. The lowest BCUT2D eigenvalue weighted by atomic mass is 10.1. The molecule has 0 spiro atoms.